The third-order valence-electron chi connectivity index (χ3n) is 6.08. The number of ether oxygens (including phenoxy) is 2. The molecule has 0 amide bonds. The van der Waals surface area contributed by atoms with Gasteiger partial charge in [0.05, 0.1) is 30.2 Å². The molecular weight excluding hydrogens is 404 g/mol. The molecule has 2 aliphatic rings. The highest BCUT2D eigenvalue weighted by Crippen LogP contribution is 2.44. The Balaban J connectivity index is 1.59. The number of fused-ring (bicyclic) bond motifs is 2. The summed E-state index contributed by atoms with van der Waals surface area (Å²) in [6.07, 6.45) is 5.05. The van der Waals surface area contributed by atoms with Crippen molar-refractivity contribution in [2.45, 2.75) is 30.4 Å². The second kappa shape index (κ2) is 7.52. The van der Waals surface area contributed by atoms with Crippen LogP contribution in [-0.4, -0.2) is 30.4 Å². The van der Waals surface area contributed by atoms with Crippen LogP contribution in [0, 0.1) is 0 Å². The van der Waals surface area contributed by atoms with Gasteiger partial charge in [-0.1, -0.05) is 29.8 Å². The van der Waals surface area contributed by atoms with Gasteiger partial charge in [-0.3, -0.25) is 4.79 Å². The molecular formula is C23H23ClN2O4. The number of para-hydroxylation sites is 1. The summed E-state index contributed by atoms with van der Waals surface area (Å²) in [4.78, 5) is 13.0. The maximum atomic E-state index is 13.0. The smallest absolute Gasteiger partial charge is 0.261 e. The topological polar surface area (TPSA) is 65.6 Å². The van der Waals surface area contributed by atoms with E-state index >= 15 is 0 Å². The molecule has 1 aromatic carbocycles. The number of methoxy groups -OCH3 is 1. The molecule has 0 aliphatic carbocycles. The van der Waals surface area contributed by atoms with E-state index in [9.17, 15) is 4.79 Å². The Morgan fingerprint density at radius 2 is 2.20 bits per heavy atom. The minimum absolute atomic E-state index is 0.0164. The lowest BCUT2D eigenvalue weighted by Gasteiger charge is -2.31. The third kappa shape index (κ3) is 3.02. The lowest BCUT2D eigenvalue weighted by atomic mass is 9.76. The number of aromatic nitrogens is 1. The molecule has 0 spiro atoms. The summed E-state index contributed by atoms with van der Waals surface area (Å²) in [7, 11) is 1.70. The average molecular weight is 427 g/mol. The normalized spacial score (nSPS) is 22.7. The van der Waals surface area contributed by atoms with E-state index in [1.54, 1.807) is 19.4 Å². The standard InChI is InChI=1S/C23H23ClN2O4/c1-28-14-23(9-10-26-20(23)12-19-16(22(26)27)8-11-29-19)17-4-2-3-5-18(17)25-13-15-6-7-21(24)30-15/h2-6,8,11-12,21,25H,7,9-10,13-14H2,1H3. The number of alkyl halides is 1. The zero-order valence-corrected chi connectivity index (χ0v) is 17.4. The number of furan rings is 1. The highest BCUT2D eigenvalue weighted by molar-refractivity contribution is 6.20. The van der Waals surface area contributed by atoms with Crippen LogP contribution in [-0.2, 0) is 21.4 Å². The van der Waals surface area contributed by atoms with Crippen molar-refractivity contribution in [1.82, 2.24) is 4.57 Å². The van der Waals surface area contributed by atoms with E-state index in [0.717, 1.165) is 29.1 Å². The van der Waals surface area contributed by atoms with Crippen molar-refractivity contribution >= 4 is 28.3 Å². The molecule has 4 heterocycles. The summed E-state index contributed by atoms with van der Waals surface area (Å²) in [5.41, 5.74) is 2.83. The predicted octanol–water partition coefficient (Wildman–Crippen LogP) is 4.21. The first-order valence-electron chi connectivity index (χ1n) is 10.1. The van der Waals surface area contributed by atoms with Crippen LogP contribution in [0.5, 0.6) is 0 Å². The summed E-state index contributed by atoms with van der Waals surface area (Å²) in [6.45, 7) is 1.64. The molecule has 156 valence electrons. The van der Waals surface area contributed by atoms with Gasteiger partial charge in [-0.15, -0.1) is 0 Å². The fourth-order valence-electron chi connectivity index (χ4n) is 4.69. The molecule has 2 aromatic heterocycles. The van der Waals surface area contributed by atoms with Gasteiger partial charge < -0.3 is 23.8 Å². The number of hydrogen-bond donors (Lipinski definition) is 1. The lowest BCUT2D eigenvalue weighted by molar-refractivity contribution is 0.148. The molecule has 0 bridgehead atoms. The average Bonchev–Trinajstić information content (AvgIpc) is 3.47. The van der Waals surface area contributed by atoms with E-state index in [0.29, 0.717) is 37.1 Å². The van der Waals surface area contributed by atoms with Crippen molar-refractivity contribution < 1.29 is 13.9 Å². The Kier molecular flexibility index (Phi) is 4.83. The highest BCUT2D eigenvalue weighted by atomic mass is 35.5. The number of nitrogens with zero attached hydrogens (tertiary/aromatic N) is 1. The Labute approximate surface area is 179 Å². The van der Waals surface area contributed by atoms with Crippen LogP contribution in [0.1, 0.15) is 24.1 Å². The van der Waals surface area contributed by atoms with Crippen LogP contribution in [0.2, 0.25) is 0 Å². The lowest BCUT2D eigenvalue weighted by Crippen LogP contribution is -2.33. The molecule has 2 aliphatic heterocycles. The first-order valence-corrected chi connectivity index (χ1v) is 10.5. The summed E-state index contributed by atoms with van der Waals surface area (Å²) in [5, 5.41) is 4.11. The zero-order valence-electron chi connectivity index (χ0n) is 16.7. The summed E-state index contributed by atoms with van der Waals surface area (Å²) < 4.78 is 18.7. The predicted molar refractivity (Wildman–Crippen MR) is 116 cm³/mol. The second-order valence-corrected chi connectivity index (χ2v) is 8.27. The number of anilines is 1. The fraction of sp³-hybridized carbons (Fsp3) is 0.348. The molecule has 30 heavy (non-hydrogen) atoms. The first kappa shape index (κ1) is 19.3. The van der Waals surface area contributed by atoms with Crippen molar-refractivity contribution in [1.29, 1.82) is 0 Å². The monoisotopic (exact) mass is 426 g/mol. The maximum Gasteiger partial charge on any atom is 0.261 e. The summed E-state index contributed by atoms with van der Waals surface area (Å²) in [6, 6.07) is 11.9. The third-order valence-corrected chi connectivity index (χ3v) is 6.35. The van der Waals surface area contributed by atoms with Gasteiger partial charge in [-0.2, -0.15) is 0 Å². The van der Waals surface area contributed by atoms with E-state index in [1.807, 2.05) is 34.9 Å². The molecule has 1 N–H and O–H groups in total. The number of halogens is 1. The van der Waals surface area contributed by atoms with Gasteiger partial charge in [0.1, 0.15) is 11.3 Å². The Bertz CT molecular complexity index is 1180. The molecule has 6 nitrogen and oxygen atoms in total. The number of pyridine rings is 1. The van der Waals surface area contributed by atoms with Crippen molar-refractivity contribution in [3.63, 3.8) is 0 Å². The minimum Gasteiger partial charge on any atom is -0.477 e. The van der Waals surface area contributed by atoms with Gasteiger partial charge in [-0.25, -0.2) is 0 Å². The van der Waals surface area contributed by atoms with Crippen molar-refractivity contribution in [2.75, 3.05) is 25.6 Å². The summed E-state index contributed by atoms with van der Waals surface area (Å²) >= 11 is 6.04. The van der Waals surface area contributed by atoms with Crippen molar-refractivity contribution in [3.8, 4) is 0 Å². The summed E-state index contributed by atoms with van der Waals surface area (Å²) in [5.74, 6) is 0.839. The van der Waals surface area contributed by atoms with Crippen molar-refractivity contribution in [2.24, 2.45) is 0 Å². The quantitative estimate of drug-likeness (QED) is 0.598. The van der Waals surface area contributed by atoms with Crippen LogP contribution in [0.25, 0.3) is 11.0 Å². The molecule has 7 heteroatoms. The van der Waals surface area contributed by atoms with Crippen LogP contribution < -0.4 is 10.9 Å². The van der Waals surface area contributed by atoms with Gasteiger partial charge in [0, 0.05) is 37.5 Å². The number of hydrogen-bond acceptors (Lipinski definition) is 5. The van der Waals surface area contributed by atoms with Gasteiger partial charge in [0.15, 0.2) is 5.56 Å². The van der Waals surface area contributed by atoms with Gasteiger partial charge in [0.25, 0.3) is 5.56 Å². The van der Waals surface area contributed by atoms with E-state index in [4.69, 9.17) is 25.5 Å². The van der Waals surface area contributed by atoms with Crippen LogP contribution >= 0.6 is 11.6 Å². The minimum atomic E-state index is -0.460. The van der Waals surface area contributed by atoms with Crippen molar-refractivity contribution in [3.05, 3.63) is 76.1 Å². The zero-order chi connectivity index (χ0) is 20.7. The fourth-order valence-corrected chi connectivity index (χ4v) is 4.90. The Morgan fingerprint density at radius 1 is 1.33 bits per heavy atom. The number of nitrogens with one attached hydrogen (secondary N) is 1. The molecule has 5 rings (SSSR count). The molecule has 2 unspecified atom stereocenters. The number of rotatable bonds is 6. The molecule has 2 atom stereocenters. The van der Waals surface area contributed by atoms with Crippen LogP contribution in [0.3, 0.4) is 0 Å². The Morgan fingerprint density at radius 3 is 3.00 bits per heavy atom. The van der Waals surface area contributed by atoms with Crippen LogP contribution in [0.4, 0.5) is 5.69 Å². The second-order valence-electron chi connectivity index (χ2n) is 7.78. The van der Waals surface area contributed by atoms with E-state index < -0.39 is 5.41 Å². The van der Waals surface area contributed by atoms with Gasteiger partial charge in [-0.05, 0) is 30.2 Å². The largest absolute Gasteiger partial charge is 0.477 e. The first-order chi connectivity index (χ1) is 14.6. The molecule has 0 fully saturated rings. The number of benzene rings is 1. The van der Waals surface area contributed by atoms with Gasteiger partial charge >= 0.3 is 0 Å². The van der Waals surface area contributed by atoms with E-state index in [2.05, 4.69) is 11.4 Å². The molecule has 0 radical (unpaired) electrons. The van der Waals surface area contributed by atoms with E-state index in [1.165, 1.54) is 0 Å². The highest BCUT2D eigenvalue weighted by Gasteiger charge is 2.43. The van der Waals surface area contributed by atoms with Gasteiger partial charge in [0.2, 0.25) is 0 Å². The molecule has 0 saturated heterocycles. The molecule has 3 aromatic rings. The SMILES string of the molecule is COCC1(c2ccccc2NCC2=CCC(Cl)O2)CCn2c1cc1occc1c2=O. The maximum absolute atomic E-state index is 13.0. The van der Waals surface area contributed by atoms with Crippen LogP contribution in [0.15, 0.2) is 63.7 Å². The molecule has 0 saturated carbocycles. The van der Waals surface area contributed by atoms with E-state index in [-0.39, 0.29) is 11.1 Å². The Hall–Kier alpha value is -2.70.